The molecule has 0 bridgehead atoms. The topological polar surface area (TPSA) is 7.76 Å². The van der Waals surface area contributed by atoms with Crippen molar-refractivity contribution in [2.45, 2.75) is 122 Å². The fourth-order valence-corrected chi connectivity index (χ4v) is 12.6. The summed E-state index contributed by atoms with van der Waals surface area (Å²) in [6.07, 6.45) is 18.9. The molecule has 1 aliphatic heterocycles. The number of hydrogen-bond acceptors (Lipinski definition) is 0. The van der Waals surface area contributed by atoms with E-state index in [-0.39, 0.29) is 5.41 Å². The van der Waals surface area contributed by atoms with Crippen LogP contribution in [0.4, 0.5) is 0 Å². The minimum absolute atomic E-state index is 0.246. The number of nitrogens with zero attached hydrogens (tertiary/aromatic N) is 2. The molecule has 362 valence electrons. The Bertz CT molecular complexity index is 3260. The lowest BCUT2D eigenvalue weighted by Crippen LogP contribution is -2.69. The van der Waals surface area contributed by atoms with Crippen LogP contribution in [-0.4, -0.2) is 0 Å². The molecule has 2 aromatic heterocycles. The number of rotatable bonds is 20. The van der Waals surface area contributed by atoms with Gasteiger partial charge >= 0.3 is 0 Å². The molecule has 9 aromatic rings. The Morgan fingerprint density at radius 2 is 0.861 bits per heavy atom. The third-order valence-corrected chi connectivity index (χ3v) is 16.7. The van der Waals surface area contributed by atoms with Gasteiger partial charge in [-0.2, -0.15) is 9.13 Å². The SMILES string of the molecule is CCC1(C)c2ccc(-c3cccc(CCCCCCc4ccccc4)c3)cc2-c2cccc[n+]2[C@]1(CC)c1ccc(-c2cccc(CCCCCCc3ccccc3)c2)cc1-c1ccc2ccccc2[n+]1C. The summed E-state index contributed by atoms with van der Waals surface area (Å²) in [6, 6.07) is 75.8. The average molecular weight is 943 g/mol. The molecule has 10 rings (SSSR count). The normalized spacial score (nSPS) is 16.1. The Hall–Kier alpha value is -6.90. The van der Waals surface area contributed by atoms with Crippen molar-refractivity contribution < 1.29 is 9.13 Å². The summed E-state index contributed by atoms with van der Waals surface area (Å²) >= 11 is 0. The van der Waals surface area contributed by atoms with Crippen LogP contribution in [0.1, 0.15) is 118 Å². The molecule has 2 heteroatoms. The first-order valence-corrected chi connectivity index (χ1v) is 27.4. The summed E-state index contributed by atoms with van der Waals surface area (Å²) in [5.41, 5.74) is 19.4. The Kier molecular flexibility index (Phi) is 15.1. The van der Waals surface area contributed by atoms with Gasteiger partial charge in [0.1, 0.15) is 7.05 Å². The summed E-state index contributed by atoms with van der Waals surface area (Å²) in [6.45, 7) is 7.40. The molecule has 7 aromatic carbocycles. The number of hydrogen-bond donors (Lipinski definition) is 0. The Morgan fingerprint density at radius 1 is 0.375 bits per heavy atom. The molecular formula is C70H74N2+2. The van der Waals surface area contributed by atoms with Crippen molar-refractivity contribution in [3.8, 4) is 44.8 Å². The number of aromatic nitrogens is 2. The molecule has 0 amide bonds. The molecule has 2 atom stereocenters. The lowest BCUT2D eigenvalue weighted by Gasteiger charge is -2.48. The largest absolute Gasteiger partial charge is 0.213 e. The molecule has 0 saturated heterocycles. The van der Waals surface area contributed by atoms with Gasteiger partial charge in [0.2, 0.25) is 22.4 Å². The van der Waals surface area contributed by atoms with Crippen LogP contribution in [0.5, 0.6) is 0 Å². The first-order chi connectivity index (χ1) is 35.4. The van der Waals surface area contributed by atoms with Crippen molar-refractivity contribution in [1.29, 1.82) is 0 Å². The van der Waals surface area contributed by atoms with E-state index >= 15 is 0 Å². The third kappa shape index (κ3) is 9.86. The fraction of sp³-hybridized carbons (Fsp3) is 0.286. The van der Waals surface area contributed by atoms with Crippen LogP contribution >= 0.6 is 0 Å². The van der Waals surface area contributed by atoms with E-state index in [1.165, 1.54) is 153 Å². The van der Waals surface area contributed by atoms with Crippen LogP contribution in [0, 0.1) is 0 Å². The minimum Gasteiger partial charge on any atom is -0.194 e. The van der Waals surface area contributed by atoms with Crippen LogP contribution in [0.25, 0.3) is 55.7 Å². The van der Waals surface area contributed by atoms with Gasteiger partial charge in [-0.3, -0.25) is 0 Å². The van der Waals surface area contributed by atoms with E-state index in [0.717, 1.165) is 25.7 Å². The fourth-order valence-electron chi connectivity index (χ4n) is 12.6. The summed E-state index contributed by atoms with van der Waals surface area (Å²) in [5.74, 6) is 0. The smallest absolute Gasteiger partial charge is 0.194 e. The van der Waals surface area contributed by atoms with E-state index in [1.54, 1.807) is 0 Å². The zero-order valence-electron chi connectivity index (χ0n) is 43.4. The first-order valence-electron chi connectivity index (χ1n) is 27.4. The molecule has 0 saturated carbocycles. The highest BCUT2D eigenvalue weighted by atomic mass is 15.1. The van der Waals surface area contributed by atoms with Crippen LogP contribution in [-0.2, 0) is 43.7 Å². The second-order valence-corrected chi connectivity index (χ2v) is 20.9. The van der Waals surface area contributed by atoms with Crippen molar-refractivity contribution in [1.82, 2.24) is 0 Å². The molecule has 2 nitrogen and oxygen atoms in total. The lowest BCUT2D eigenvalue weighted by molar-refractivity contribution is -0.758. The van der Waals surface area contributed by atoms with Gasteiger partial charge in [-0.15, -0.1) is 0 Å². The number of para-hydroxylation sites is 1. The molecule has 0 N–H and O–H groups in total. The standard InChI is InChI=1S/C70H74N2/c1-5-69(3)64-45-42-60(58-38-25-35-55(49-58)33-15-9-7-13-27-53-29-17-11-18-30-53)51-62(64)68-41-23-24-48-72(68)70(69,6-2)65-46-43-61(52-63(65)67-47-44-57-37-21-22-40-66(57)71(67)4)59-39-26-36-56(50-59)34-16-10-8-14-28-54-31-19-12-20-32-54/h11-12,17-26,29-32,35-52H,5-10,13-16,27-28,33-34H2,1-4H3/q+2/t69?,70-/m1/s1. The number of unbranched alkanes of at least 4 members (excludes halogenated alkanes) is 6. The van der Waals surface area contributed by atoms with E-state index in [9.17, 15) is 0 Å². The van der Waals surface area contributed by atoms with Gasteiger partial charge in [0.05, 0.1) is 16.5 Å². The van der Waals surface area contributed by atoms with Gasteiger partial charge in [0.15, 0.2) is 6.20 Å². The van der Waals surface area contributed by atoms with Crippen LogP contribution in [0.3, 0.4) is 0 Å². The second-order valence-electron chi connectivity index (χ2n) is 20.9. The zero-order chi connectivity index (χ0) is 49.3. The van der Waals surface area contributed by atoms with Crippen LogP contribution < -0.4 is 9.13 Å². The van der Waals surface area contributed by atoms with Gasteiger partial charge in [-0.05, 0) is 145 Å². The number of pyridine rings is 2. The Balaban J connectivity index is 0.981. The zero-order valence-corrected chi connectivity index (χ0v) is 43.4. The Morgan fingerprint density at radius 3 is 1.43 bits per heavy atom. The van der Waals surface area contributed by atoms with E-state index in [1.807, 2.05) is 0 Å². The molecule has 72 heavy (non-hydrogen) atoms. The van der Waals surface area contributed by atoms with E-state index in [4.69, 9.17) is 0 Å². The maximum atomic E-state index is 2.68. The highest BCUT2D eigenvalue weighted by molar-refractivity contribution is 5.81. The van der Waals surface area contributed by atoms with Crippen molar-refractivity contribution in [2.75, 3.05) is 0 Å². The molecular weight excluding hydrogens is 869 g/mol. The summed E-state index contributed by atoms with van der Waals surface area (Å²) in [7, 11) is 2.26. The molecule has 1 aliphatic rings. The molecule has 0 fully saturated rings. The third-order valence-electron chi connectivity index (χ3n) is 16.7. The molecule has 0 aliphatic carbocycles. The Labute approximate surface area is 431 Å². The summed E-state index contributed by atoms with van der Waals surface area (Å²) < 4.78 is 5.11. The van der Waals surface area contributed by atoms with Gasteiger partial charge in [0, 0.05) is 41.6 Å². The molecule has 0 spiro atoms. The van der Waals surface area contributed by atoms with Gasteiger partial charge in [-0.1, -0.05) is 185 Å². The number of benzene rings is 7. The van der Waals surface area contributed by atoms with E-state index in [2.05, 4.69) is 243 Å². The average Bonchev–Trinajstić information content (AvgIpc) is 3.44. The highest BCUT2D eigenvalue weighted by Gasteiger charge is 2.61. The van der Waals surface area contributed by atoms with Crippen molar-refractivity contribution >= 4 is 10.9 Å². The van der Waals surface area contributed by atoms with Crippen LogP contribution in [0.15, 0.2) is 206 Å². The van der Waals surface area contributed by atoms with Crippen molar-refractivity contribution in [3.63, 3.8) is 0 Å². The van der Waals surface area contributed by atoms with E-state index < -0.39 is 5.54 Å². The number of aryl methyl sites for hydroxylation is 5. The van der Waals surface area contributed by atoms with Gasteiger partial charge in [-0.25, -0.2) is 0 Å². The van der Waals surface area contributed by atoms with Gasteiger partial charge in [0.25, 0.3) is 0 Å². The maximum Gasteiger partial charge on any atom is 0.213 e. The van der Waals surface area contributed by atoms with Gasteiger partial charge < -0.3 is 0 Å². The van der Waals surface area contributed by atoms with Crippen molar-refractivity contribution in [3.05, 3.63) is 240 Å². The first kappa shape index (κ1) is 48.7. The molecule has 3 heterocycles. The molecule has 1 unspecified atom stereocenters. The minimum atomic E-state index is -0.400. The number of fused-ring (bicyclic) bond motifs is 4. The summed E-state index contributed by atoms with van der Waals surface area (Å²) in [4.78, 5) is 0. The monoisotopic (exact) mass is 943 g/mol. The second kappa shape index (κ2) is 22.3. The molecule has 0 radical (unpaired) electrons. The summed E-state index contributed by atoms with van der Waals surface area (Å²) in [5, 5.41) is 1.25. The van der Waals surface area contributed by atoms with Crippen molar-refractivity contribution in [2.24, 2.45) is 7.05 Å². The van der Waals surface area contributed by atoms with E-state index in [0.29, 0.717) is 0 Å². The highest BCUT2D eigenvalue weighted by Crippen LogP contribution is 2.55. The predicted molar refractivity (Wildman–Crippen MR) is 303 cm³/mol. The quantitative estimate of drug-likeness (QED) is 0.0531. The lowest BCUT2D eigenvalue weighted by atomic mass is 9.56. The van der Waals surface area contributed by atoms with Crippen LogP contribution in [0.2, 0.25) is 0 Å². The predicted octanol–water partition coefficient (Wildman–Crippen LogP) is 17.1. The maximum absolute atomic E-state index is 2.68.